The Hall–Kier alpha value is -2.17. The van der Waals surface area contributed by atoms with Gasteiger partial charge in [0.05, 0.1) is 5.52 Å². The Morgan fingerprint density at radius 2 is 2.07 bits per heavy atom. The molecule has 0 saturated carbocycles. The van der Waals surface area contributed by atoms with Crippen LogP contribution >= 0.6 is 0 Å². The first-order valence-corrected chi connectivity index (χ1v) is 4.20. The predicted octanol–water partition coefficient (Wildman–Crippen LogP) is 0.860. The van der Waals surface area contributed by atoms with Gasteiger partial charge in [0.1, 0.15) is 12.1 Å². The molecule has 0 bridgehead atoms. The molecule has 14 heavy (non-hydrogen) atoms. The highest BCUT2D eigenvalue weighted by molar-refractivity contribution is 5.89. The summed E-state index contributed by atoms with van der Waals surface area (Å²) < 4.78 is 1.81. The number of benzene rings is 1. The van der Waals surface area contributed by atoms with Crippen molar-refractivity contribution in [3.63, 3.8) is 0 Å². The number of para-hydroxylation sites is 1. The minimum Gasteiger partial charge on any atom is -0.383 e. The van der Waals surface area contributed by atoms with Crippen LogP contribution in [0, 0.1) is 0 Å². The van der Waals surface area contributed by atoms with Crippen LogP contribution in [0.3, 0.4) is 0 Å². The van der Waals surface area contributed by atoms with E-state index in [1.54, 1.807) is 6.33 Å². The summed E-state index contributed by atoms with van der Waals surface area (Å²) in [6, 6.07) is 7.76. The summed E-state index contributed by atoms with van der Waals surface area (Å²) >= 11 is 0. The highest BCUT2D eigenvalue weighted by atomic mass is 15.3. The zero-order valence-corrected chi connectivity index (χ0v) is 7.25. The molecule has 0 saturated heterocycles. The van der Waals surface area contributed by atoms with Gasteiger partial charge >= 0.3 is 0 Å². The summed E-state index contributed by atoms with van der Waals surface area (Å²) in [5, 5.41) is 8.56. The molecule has 0 unspecified atom stereocenters. The molecule has 3 aromatic rings. The van der Waals surface area contributed by atoms with Crippen molar-refractivity contribution in [3.05, 3.63) is 30.6 Å². The Bertz CT molecular complexity index is 613. The van der Waals surface area contributed by atoms with E-state index < -0.39 is 0 Å². The average molecular weight is 185 g/mol. The van der Waals surface area contributed by atoms with Gasteiger partial charge in [-0.3, -0.25) is 4.40 Å². The molecule has 1 aromatic carbocycles. The summed E-state index contributed by atoms with van der Waals surface area (Å²) in [7, 11) is 0. The Labute approximate surface area is 79.2 Å². The molecule has 0 aliphatic heterocycles. The molecule has 0 amide bonds. The standard InChI is InChI=1S/C9H7N5/c10-8-6-3-1-2-4-7(6)14-5-11-13-9(14)12-8/h1-5H,(H2,10,12,13). The van der Waals surface area contributed by atoms with Gasteiger partial charge in [0.25, 0.3) is 5.78 Å². The summed E-state index contributed by atoms with van der Waals surface area (Å²) in [4.78, 5) is 4.13. The average Bonchev–Trinajstić information content (AvgIpc) is 2.66. The van der Waals surface area contributed by atoms with Gasteiger partial charge in [-0.2, -0.15) is 4.98 Å². The topological polar surface area (TPSA) is 69.1 Å². The van der Waals surface area contributed by atoms with E-state index in [1.807, 2.05) is 28.7 Å². The summed E-state index contributed by atoms with van der Waals surface area (Å²) in [5.41, 5.74) is 6.76. The number of anilines is 1. The second-order valence-corrected chi connectivity index (χ2v) is 3.02. The largest absolute Gasteiger partial charge is 0.383 e. The van der Waals surface area contributed by atoms with Crippen molar-refractivity contribution in [2.24, 2.45) is 0 Å². The maximum absolute atomic E-state index is 5.79. The van der Waals surface area contributed by atoms with Crippen molar-refractivity contribution >= 4 is 22.5 Å². The highest BCUT2D eigenvalue weighted by Crippen LogP contribution is 2.18. The number of fused-ring (bicyclic) bond motifs is 3. The van der Waals surface area contributed by atoms with E-state index >= 15 is 0 Å². The van der Waals surface area contributed by atoms with Crippen LogP contribution in [0.2, 0.25) is 0 Å². The van der Waals surface area contributed by atoms with Gasteiger partial charge in [0.2, 0.25) is 0 Å². The summed E-state index contributed by atoms with van der Waals surface area (Å²) in [6.45, 7) is 0. The summed E-state index contributed by atoms with van der Waals surface area (Å²) in [6.07, 6.45) is 1.63. The van der Waals surface area contributed by atoms with Crippen molar-refractivity contribution in [2.75, 3.05) is 5.73 Å². The lowest BCUT2D eigenvalue weighted by Gasteiger charge is -2.02. The van der Waals surface area contributed by atoms with Crippen molar-refractivity contribution < 1.29 is 0 Å². The van der Waals surface area contributed by atoms with Gasteiger partial charge < -0.3 is 5.73 Å². The molecule has 0 fully saturated rings. The zero-order valence-electron chi connectivity index (χ0n) is 7.25. The third-order valence-corrected chi connectivity index (χ3v) is 2.19. The van der Waals surface area contributed by atoms with Gasteiger partial charge in [-0.1, -0.05) is 12.1 Å². The third-order valence-electron chi connectivity index (χ3n) is 2.19. The number of rotatable bonds is 0. The Morgan fingerprint density at radius 3 is 3.00 bits per heavy atom. The van der Waals surface area contributed by atoms with Crippen LogP contribution in [0.25, 0.3) is 16.7 Å². The molecule has 0 radical (unpaired) electrons. The fourth-order valence-corrected chi connectivity index (χ4v) is 1.54. The fourth-order valence-electron chi connectivity index (χ4n) is 1.54. The minimum absolute atomic E-state index is 0.487. The number of nitrogens with two attached hydrogens (primary N) is 1. The monoisotopic (exact) mass is 185 g/mol. The van der Waals surface area contributed by atoms with Crippen molar-refractivity contribution in [2.45, 2.75) is 0 Å². The highest BCUT2D eigenvalue weighted by Gasteiger charge is 2.05. The van der Waals surface area contributed by atoms with Crippen LogP contribution in [-0.4, -0.2) is 19.6 Å². The smallest absolute Gasteiger partial charge is 0.257 e. The fraction of sp³-hybridized carbons (Fsp3) is 0. The van der Waals surface area contributed by atoms with Gasteiger partial charge in [-0.05, 0) is 12.1 Å². The molecule has 5 heteroatoms. The van der Waals surface area contributed by atoms with Crippen molar-refractivity contribution in [1.29, 1.82) is 0 Å². The Balaban J connectivity index is 2.67. The lowest BCUT2D eigenvalue weighted by Crippen LogP contribution is -1.97. The number of aromatic nitrogens is 4. The molecule has 0 atom stereocenters. The second-order valence-electron chi connectivity index (χ2n) is 3.02. The van der Waals surface area contributed by atoms with Crippen LogP contribution in [0.5, 0.6) is 0 Å². The van der Waals surface area contributed by atoms with Crippen molar-refractivity contribution in [1.82, 2.24) is 19.6 Å². The van der Waals surface area contributed by atoms with Gasteiger partial charge in [0, 0.05) is 5.39 Å². The molecular formula is C9H7N5. The van der Waals surface area contributed by atoms with Crippen LogP contribution < -0.4 is 5.73 Å². The third kappa shape index (κ3) is 0.806. The maximum Gasteiger partial charge on any atom is 0.257 e. The first-order valence-electron chi connectivity index (χ1n) is 4.20. The van der Waals surface area contributed by atoms with Crippen molar-refractivity contribution in [3.8, 4) is 0 Å². The van der Waals surface area contributed by atoms with E-state index in [0.717, 1.165) is 10.9 Å². The van der Waals surface area contributed by atoms with E-state index in [0.29, 0.717) is 11.6 Å². The van der Waals surface area contributed by atoms with E-state index in [2.05, 4.69) is 15.2 Å². The van der Waals surface area contributed by atoms with E-state index in [9.17, 15) is 0 Å². The van der Waals surface area contributed by atoms with Crippen LogP contribution in [0.1, 0.15) is 0 Å². The number of nitrogens with zero attached hydrogens (tertiary/aromatic N) is 4. The SMILES string of the molecule is Nc1nc2nncn2c2ccccc12. The van der Waals surface area contributed by atoms with E-state index in [-0.39, 0.29) is 0 Å². The lowest BCUT2D eigenvalue weighted by molar-refractivity contribution is 1.10. The van der Waals surface area contributed by atoms with Crippen LogP contribution in [0.4, 0.5) is 5.82 Å². The van der Waals surface area contributed by atoms with Crippen LogP contribution in [0.15, 0.2) is 30.6 Å². The molecular weight excluding hydrogens is 178 g/mol. The molecule has 5 nitrogen and oxygen atoms in total. The molecule has 3 rings (SSSR count). The first kappa shape index (κ1) is 7.25. The van der Waals surface area contributed by atoms with E-state index in [4.69, 9.17) is 5.73 Å². The van der Waals surface area contributed by atoms with Gasteiger partial charge in [-0.15, -0.1) is 10.2 Å². The lowest BCUT2D eigenvalue weighted by atomic mass is 10.2. The minimum atomic E-state index is 0.487. The molecule has 68 valence electrons. The van der Waals surface area contributed by atoms with Gasteiger partial charge in [-0.25, -0.2) is 0 Å². The predicted molar refractivity (Wildman–Crippen MR) is 52.7 cm³/mol. The Morgan fingerprint density at radius 1 is 1.21 bits per heavy atom. The maximum atomic E-state index is 5.79. The first-order chi connectivity index (χ1) is 6.86. The quantitative estimate of drug-likeness (QED) is 0.564. The molecule has 0 aliphatic carbocycles. The molecule has 2 aromatic heterocycles. The molecule has 2 heterocycles. The Kier molecular flexibility index (Phi) is 1.25. The normalized spacial score (nSPS) is 11.1. The zero-order chi connectivity index (χ0) is 9.54. The van der Waals surface area contributed by atoms with Gasteiger partial charge in [0.15, 0.2) is 0 Å². The second kappa shape index (κ2) is 2.41. The number of hydrogen-bond donors (Lipinski definition) is 1. The number of hydrogen-bond acceptors (Lipinski definition) is 4. The van der Waals surface area contributed by atoms with Crippen LogP contribution in [-0.2, 0) is 0 Å². The molecule has 0 spiro atoms. The molecule has 0 aliphatic rings. The number of nitrogen functional groups attached to an aromatic ring is 1. The summed E-state index contributed by atoms with van der Waals surface area (Å²) in [5.74, 6) is 1.02. The van der Waals surface area contributed by atoms with E-state index in [1.165, 1.54) is 0 Å². The molecule has 2 N–H and O–H groups in total.